The molecule has 0 fully saturated rings. The molecule has 0 aliphatic rings. The van der Waals surface area contributed by atoms with Crippen LogP contribution in [0.3, 0.4) is 0 Å². The Hall–Kier alpha value is -2.58. The lowest BCUT2D eigenvalue weighted by Gasteiger charge is -2.22. The second-order valence-electron chi connectivity index (χ2n) is 5.82. The number of methoxy groups -OCH3 is 1. The fraction of sp³-hybridized carbons (Fsp3) is 0.316. The largest absolute Gasteiger partial charge is 0.497 e. The zero-order valence-electron chi connectivity index (χ0n) is 15.9. The van der Waals surface area contributed by atoms with Gasteiger partial charge in [-0.1, -0.05) is 0 Å². The summed E-state index contributed by atoms with van der Waals surface area (Å²) in [4.78, 5) is 14.0. The van der Waals surface area contributed by atoms with Crippen LogP contribution >= 0.6 is 0 Å². The molecule has 2 aromatic carbocycles. The first kappa shape index (κ1) is 20.7. The van der Waals surface area contributed by atoms with Crippen molar-refractivity contribution in [2.24, 2.45) is 0 Å². The van der Waals surface area contributed by atoms with Crippen molar-refractivity contribution >= 4 is 21.6 Å². The molecule has 0 aromatic heterocycles. The Morgan fingerprint density at radius 3 is 2.04 bits per heavy atom. The van der Waals surface area contributed by atoms with Gasteiger partial charge in [0.15, 0.2) is 0 Å². The SMILES string of the molecule is CCOc1ccc(S(=O)(=O)N(C)CC(=O)N(C)c2ccc(OC)cc2)cc1. The molecule has 1 amide bonds. The molecule has 0 unspecified atom stereocenters. The standard InChI is InChI=1S/C19H24N2O5S/c1-5-26-17-10-12-18(13-11-17)27(23,24)20(2)14-19(22)21(3)15-6-8-16(25-4)9-7-15/h6-13H,5,14H2,1-4H3. The maximum atomic E-state index is 12.7. The molecular weight excluding hydrogens is 368 g/mol. The highest BCUT2D eigenvalue weighted by Crippen LogP contribution is 2.21. The van der Waals surface area contributed by atoms with Crippen LogP contribution in [0.2, 0.25) is 0 Å². The summed E-state index contributed by atoms with van der Waals surface area (Å²) in [6.45, 7) is 2.07. The summed E-state index contributed by atoms with van der Waals surface area (Å²) in [5, 5.41) is 0. The number of benzene rings is 2. The number of ether oxygens (including phenoxy) is 2. The number of hydrogen-bond donors (Lipinski definition) is 0. The van der Waals surface area contributed by atoms with Gasteiger partial charge in [0.1, 0.15) is 11.5 Å². The molecule has 0 spiro atoms. The third kappa shape index (κ3) is 4.99. The summed E-state index contributed by atoms with van der Waals surface area (Å²) in [5.41, 5.74) is 0.646. The molecule has 0 aliphatic carbocycles. The van der Waals surface area contributed by atoms with Gasteiger partial charge in [0.05, 0.1) is 25.2 Å². The van der Waals surface area contributed by atoms with Crippen molar-refractivity contribution in [1.29, 1.82) is 0 Å². The third-order valence-corrected chi connectivity index (χ3v) is 5.85. The summed E-state index contributed by atoms with van der Waals surface area (Å²) in [5.74, 6) is 0.918. The highest BCUT2D eigenvalue weighted by Gasteiger charge is 2.24. The number of sulfonamides is 1. The zero-order chi connectivity index (χ0) is 20.0. The van der Waals surface area contributed by atoms with Gasteiger partial charge in [0.25, 0.3) is 0 Å². The topological polar surface area (TPSA) is 76.2 Å². The minimum Gasteiger partial charge on any atom is -0.497 e. The van der Waals surface area contributed by atoms with E-state index in [0.717, 1.165) is 4.31 Å². The Morgan fingerprint density at radius 2 is 1.52 bits per heavy atom. The van der Waals surface area contributed by atoms with Crippen LogP contribution in [0.5, 0.6) is 11.5 Å². The van der Waals surface area contributed by atoms with Crippen LogP contribution in [0.4, 0.5) is 5.69 Å². The van der Waals surface area contributed by atoms with Gasteiger partial charge in [-0.05, 0) is 55.5 Å². The van der Waals surface area contributed by atoms with Gasteiger partial charge in [-0.15, -0.1) is 0 Å². The Kier molecular flexibility index (Phi) is 6.81. The van der Waals surface area contributed by atoms with E-state index in [9.17, 15) is 13.2 Å². The monoisotopic (exact) mass is 392 g/mol. The average molecular weight is 392 g/mol. The highest BCUT2D eigenvalue weighted by atomic mass is 32.2. The molecule has 0 N–H and O–H groups in total. The molecule has 0 atom stereocenters. The second kappa shape index (κ2) is 8.88. The summed E-state index contributed by atoms with van der Waals surface area (Å²) < 4.78 is 36.8. The van der Waals surface area contributed by atoms with Crippen molar-refractivity contribution in [3.63, 3.8) is 0 Å². The fourth-order valence-electron chi connectivity index (χ4n) is 2.39. The van der Waals surface area contributed by atoms with Crippen LogP contribution in [0, 0.1) is 0 Å². The Labute approximate surface area is 160 Å². The van der Waals surface area contributed by atoms with Crippen LogP contribution in [0.1, 0.15) is 6.92 Å². The number of rotatable bonds is 8. The minimum absolute atomic E-state index is 0.105. The van der Waals surface area contributed by atoms with Crippen molar-refractivity contribution in [2.75, 3.05) is 39.3 Å². The van der Waals surface area contributed by atoms with Crippen LogP contribution in [0.15, 0.2) is 53.4 Å². The van der Waals surface area contributed by atoms with E-state index < -0.39 is 10.0 Å². The van der Waals surface area contributed by atoms with Crippen LogP contribution < -0.4 is 14.4 Å². The van der Waals surface area contributed by atoms with Crippen LogP contribution in [-0.4, -0.2) is 53.0 Å². The van der Waals surface area contributed by atoms with Crippen LogP contribution in [0.25, 0.3) is 0 Å². The van der Waals surface area contributed by atoms with Crippen molar-refractivity contribution < 1.29 is 22.7 Å². The lowest BCUT2D eigenvalue weighted by molar-refractivity contribution is -0.118. The van der Waals surface area contributed by atoms with Gasteiger partial charge in [-0.3, -0.25) is 4.79 Å². The first-order chi connectivity index (χ1) is 12.8. The van der Waals surface area contributed by atoms with E-state index in [1.807, 2.05) is 6.92 Å². The quantitative estimate of drug-likeness (QED) is 0.689. The molecule has 2 aromatic rings. The minimum atomic E-state index is -3.78. The molecule has 0 bridgehead atoms. The summed E-state index contributed by atoms with van der Waals surface area (Å²) in [6.07, 6.45) is 0. The molecule has 0 saturated carbocycles. The van der Waals surface area contributed by atoms with Gasteiger partial charge in [0.2, 0.25) is 15.9 Å². The van der Waals surface area contributed by atoms with E-state index in [2.05, 4.69) is 0 Å². The van der Waals surface area contributed by atoms with Crippen molar-refractivity contribution in [2.45, 2.75) is 11.8 Å². The first-order valence-corrected chi connectivity index (χ1v) is 9.83. The third-order valence-electron chi connectivity index (χ3n) is 4.03. The fourth-order valence-corrected chi connectivity index (χ4v) is 3.51. The number of nitrogens with zero attached hydrogens (tertiary/aromatic N) is 2. The van der Waals surface area contributed by atoms with E-state index in [1.165, 1.54) is 24.1 Å². The summed E-state index contributed by atoms with van der Waals surface area (Å²) in [7, 11) is 0.757. The lowest BCUT2D eigenvalue weighted by atomic mass is 10.3. The molecular formula is C19H24N2O5S. The Morgan fingerprint density at radius 1 is 0.963 bits per heavy atom. The number of hydrogen-bond acceptors (Lipinski definition) is 5. The molecule has 27 heavy (non-hydrogen) atoms. The lowest BCUT2D eigenvalue weighted by Crippen LogP contribution is -2.39. The predicted molar refractivity (Wildman–Crippen MR) is 104 cm³/mol. The van der Waals surface area contributed by atoms with E-state index in [4.69, 9.17) is 9.47 Å². The molecule has 8 heteroatoms. The summed E-state index contributed by atoms with van der Waals surface area (Å²) in [6, 6.07) is 13.1. The van der Waals surface area contributed by atoms with Crippen molar-refractivity contribution in [3.8, 4) is 11.5 Å². The van der Waals surface area contributed by atoms with E-state index in [-0.39, 0.29) is 17.3 Å². The van der Waals surface area contributed by atoms with Gasteiger partial charge in [0, 0.05) is 19.8 Å². The van der Waals surface area contributed by atoms with Gasteiger partial charge in [-0.25, -0.2) is 8.42 Å². The maximum absolute atomic E-state index is 12.7. The average Bonchev–Trinajstić information content (AvgIpc) is 2.68. The van der Waals surface area contributed by atoms with Crippen LogP contribution in [-0.2, 0) is 14.8 Å². The molecule has 146 valence electrons. The summed E-state index contributed by atoms with van der Waals surface area (Å²) >= 11 is 0. The van der Waals surface area contributed by atoms with E-state index in [0.29, 0.717) is 23.8 Å². The normalized spacial score (nSPS) is 11.3. The van der Waals surface area contributed by atoms with Gasteiger partial charge < -0.3 is 14.4 Å². The van der Waals surface area contributed by atoms with Crippen molar-refractivity contribution in [1.82, 2.24) is 4.31 Å². The maximum Gasteiger partial charge on any atom is 0.243 e. The molecule has 0 heterocycles. The number of carbonyl (C=O) groups excluding carboxylic acids is 1. The number of likely N-dealkylation sites (N-methyl/N-ethyl adjacent to an activating group) is 2. The van der Waals surface area contributed by atoms with E-state index >= 15 is 0 Å². The van der Waals surface area contributed by atoms with Crippen molar-refractivity contribution in [3.05, 3.63) is 48.5 Å². The Bertz CT molecular complexity index is 864. The van der Waals surface area contributed by atoms with Gasteiger partial charge >= 0.3 is 0 Å². The molecule has 0 saturated heterocycles. The van der Waals surface area contributed by atoms with Gasteiger partial charge in [-0.2, -0.15) is 4.31 Å². The highest BCUT2D eigenvalue weighted by molar-refractivity contribution is 7.89. The first-order valence-electron chi connectivity index (χ1n) is 8.39. The van der Waals surface area contributed by atoms with E-state index in [1.54, 1.807) is 50.6 Å². The molecule has 7 nitrogen and oxygen atoms in total. The number of anilines is 1. The predicted octanol–water partition coefficient (Wildman–Crippen LogP) is 2.38. The molecule has 2 rings (SSSR count). The number of carbonyl (C=O) groups is 1. The Balaban J connectivity index is 2.09. The zero-order valence-corrected chi connectivity index (χ0v) is 16.7. The molecule has 0 radical (unpaired) electrons. The smallest absolute Gasteiger partial charge is 0.243 e. The second-order valence-corrected chi connectivity index (χ2v) is 7.86. The number of amides is 1. The molecule has 0 aliphatic heterocycles.